The molecule has 2 atom stereocenters. The minimum atomic E-state index is -2.68. The first-order valence-corrected chi connectivity index (χ1v) is 15.4. The summed E-state index contributed by atoms with van der Waals surface area (Å²) in [6.07, 6.45) is 2.31. The molecular formula is C32H34ClF2N7O4. The number of nitrogens with two attached hydrogens (primary N) is 1. The highest BCUT2D eigenvalue weighted by Gasteiger charge is 2.42. The smallest absolute Gasteiger partial charge is 0.309 e. The van der Waals surface area contributed by atoms with Gasteiger partial charge in [-0.25, -0.2) is 23.7 Å². The Morgan fingerprint density at radius 3 is 2.57 bits per heavy atom. The van der Waals surface area contributed by atoms with Gasteiger partial charge in [0.25, 0.3) is 12.3 Å². The molecule has 3 aromatic heterocycles. The van der Waals surface area contributed by atoms with Gasteiger partial charge in [-0.2, -0.15) is 0 Å². The van der Waals surface area contributed by atoms with E-state index in [0.29, 0.717) is 53.7 Å². The number of nitrogens with one attached hydrogen (secondary N) is 1. The van der Waals surface area contributed by atoms with Gasteiger partial charge in [0.1, 0.15) is 39.9 Å². The van der Waals surface area contributed by atoms with Crippen LogP contribution < -0.4 is 11.1 Å². The first-order valence-electron chi connectivity index (χ1n) is 15.0. The molecule has 1 saturated heterocycles. The van der Waals surface area contributed by atoms with Crippen LogP contribution in [0.3, 0.4) is 0 Å². The van der Waals surface area contributed by atoms with Gasteiger partial charge in [-0.15, -0.1) is 0 Å². The van der Waals surface area contributed by atoms with Gasteiger partial charge in [-0.1, -0.05) is 23.7 Å². The first kappa shape index (κ1) is 31.8. The van der Waals surface area contributed by atoms with E-state index in [1.165, 1.54) is 18.5 Å². The normalized spacial score (nSPS) is 23.9. The quantitative estimate of drug-likeness (QED) is 0.218. The fourth-order valence-electron chi connectivity index (χ4n) is 6.39. The molecule has 1 saturated carbocycles. The molecule has 0 radical (unpaired) electrons. The summed E-state index contributed by atoms with van der Waals surface area (Å²) < 4.78 is 34.2. The van der Waals surface area contributed by atoms with Crippen molar-refractivity contribution in [3.05, 3.63) is 70.9 Å². The molecule has 242 valence electrons. The number of halogens is 3. The lowest BCUT2D eigenvalue weighted by Gasteiger charge is -2.46. The van der Waals surface area contributed by atoms with Crippen LogP contribution in [-0.2, 0) is 9.53 Å². The van der Waals surface area contributed by atoms with E-state index in [1.807, 2.05) is 6.92 Å². The molecule has 1 aliphatic heterocycles. The molecule has 0 unspecified atom stereocenters. The van der Waals surface area contributed by atoms with Gasteiger partial charge in [0.05, 0.1) is 18.2 Å². The number of rotatable bonds is 7. The highest BCUT2D eigenvalue weighted by Crippen LogP contribution is 2.41. The Kier molecular flexibility index (Phi) is 8.66. The number of nitrogen functional groups attached to an aromatic ring is 1. The summed E-state index contributed by atoms with van der Waals surface area (Å²) in [5, 5.41) is 12.5. The zero-order valence-electron chi connectivity index (χ0n) is 25.3. The molecular weight excluding hydrogens is 620 g/mol. The Labute approximate surface area is 268 Å². The molecule has 2 fully saturated rings. The molecule has 46 heavy (non-hydrogen) atoms. The van der Waals surface area contributed by atoms with E-state index in [9.17, 15) is 23.5 Å². The predicted molar refractivity (Wildman–Crippen MR) is 168 cm³/mol. The largest absolute Gasteiger partial charge is 0.481 e. The van der Waals surface area contributed by atoms with Gasteiger partial charge in [0.15, 0.2) is 0 Å². The molecule has 11 nitrogen and oxygen atoms in total. The number of carboxylic acid groups (broad SMARTS) is 1. The number of carboxylic acids is 1. The number of amides is 1. The highest BCUT2D eigenvalue weighted by atomic mass is 35.5. The molecule has 2 aliphatic rings. The van der Waals surface area contributed by atoms with Crippen LogP contribution in [0.2, 0.25) is 5.15 Å². The van der Waals surface area contributed by atoms with Crippen molar-refractivity contribution in [2.24, 2.45) is 5.41 Å². The molecule has 4 heterocycles. The average Bonchev–Trinajstić information content (AvgIpc) is 3.46. The van der Waals surface area contributed by atoms with Gasteiger partial charge >= 0.3 is 5.97 Å². The van der Waals surface area contributed by atoms with Gasteiger partial charge in [0.2, 0.25) is 0 Å². The molecule has 1 amide bonds. The Hall–Kier alpha value is -4.20. The molecule has 1 aromatic carbocycles. The molecule has 4 aromatic rings. The van der Waals surface area contributed by atoms with Crippen molar-refractivity contribution in [2.45, 2.75) is 64.1 Å². The maximum Gasteiger partial charge on any atom is 0.309 e. The lowest BCUT2D eigenvalue weighted by Crippen LogP contribution is -2.52. The van der Waals surface area contributed by atoms with Crippen molar-refractivity contribution in [3.63, 3.8) is 0 Å². The number of hydrogen-bond donors (Lipinski definition) is 3. The van der Waals surface area contributed by atoms with Crippen molar-refractivity contribution < 1.29 is 28.2 Å². The predicted octanol–water partition coefficient (Wildman–Crippen LogP) is 6.01. The van der Waals surface area contributed by atoms with E-state index in [1.54, 1.807) is 28.7 Å². The van der Waals surface area contributed by atoms with Crippen molar-refractivity contribution in [1.29, 1.82) is 0 Å². The summed E-state index contributed by atoms with van der Waals surface area (Å²) in [4.78, 5) is 40.2. The summed E-state index contributed by atoms with van der Waals surface area (Å²) in [7, 11) is 0. The summed E-state index contributed by atoms with van der Waals surface area (Å²) in [5.74, 6) is -0.474. The molecule has 0 bridgehead atoms. The lowest BCUT2D eigenvalue weighted by atomic mass is 9.73. The number of aliphatic carboxylic acids is 1. The zero-order chi connectivity index (χ0) is 32.7. The third-order valence-electron chi connectivity index (χ3n) is 9.18. The van der Waals surface area contributed by atoms with Gasteiger partial charge in [-0.05, 0) is 63.8 Å². The highest BCUT2D eigenvalue weighted by molar-refractivity contribution is 6.30. The van der Waals surface area contributed by atoms with E-state index in [0.717, 1.165) is 18.9 Å². The van der Waals surface area contributed by atoms with Crippen LogP contribution in [0.15, 0.2) is 48.8 Å². The molecule has 4 N–H and O–H groups in total. The maximum atomic E-state index is 13.1. The van der Waals surface area contributed by atoms with Crippen molar-refractivity contribution in [1.82, 2.24) is 24.3 Å². The van der Waals surface area contributed by atoms with E-state index >= 15 is 0 Å². The third-order valence-corrected chi connectivity index (χ3v) is 9.45. The second kappa shape index (κ2) is 12.5. The minimum Gasteiger partial charge on any atom is -0.481 e. The SMILES string of the molecule is C[C@H]1CO[C@@H](c2nc(-c3ccc(C(=O)Nc4cc(C(F)F)ccn4)cc3)c3c(N)ncc(Cl)n23)CN1[C@H]1CC[C@](C)(C(=O)O)CC1. The number of alkyl halides is 2. The number of imidazole rings is 1. The fourth-order valence-corrected chi connectivity index (χ4v) is 6.61. The standard InChI is InChI=1S/C32H34ClF2N7O4/c1-17-16-46-22(15-41(17)21-7-10-32(2,11-8-21)31(44)45)29-40-25(26-28(36)38-14-23(33)42(26)29)18-3-5-19(6-4-18)30(43)39-24-13-20(27(34)35)9-12-37-24/h3-6,9,12-14,17,21-22,27H,7-8,10-11,15-16H2,1-2H3,(H2,36,38)(H,44,45)(H,37,39,43)/t17-,21-,22+,32-/m0/s1. The lowest BCUT2D eigenvalue weighted by molar-refractivity contribution is -0.151. The molecule has 14 heteroatoms. The van der Waals surface area contributed by atoms with Crippen molar-refractivity contribution in [3.8, 4) is 11.3 Å². The number of hydrogen-bond acceptors (Lipinski definition) is 8. The summed E-state index contributed by atoms with van der Waals surface area (Å²) in [6.45, 7) is 4.92. The summed E-state index contributed by atoms with van der Waals surface area (Å²) >= 11 is 6.68. The van der Waals surface area contributed by atoms with Gasteiger partial charge < -0.3 is 20.9 Å². The summed E-state index contributed by atoms with van der Waals surface area (Å²) in [6, 6.07) is 9.28. The van der Waals surface area contributed by atoms with Crippen molar-refractivity contribution in [2.75, 3.05) is 24.2 Å². The topological polar surface area (TPSA) is 148 Å². The van der Waals surface area contributed by atoms with Gasteiger partial charge in [-0.3, -0.25) is 18.9 Å². The van der Waals surface area contributed by atoms with Crippen LogP contribution in [-0.4, -0.2) is 66.5 Å². The zero-order valence-corrected chi connectivity index (χ0v) is 26.0. The fraction of sp³-hybridized carbons (Fsp3) is 0.406. The Bertz CT molecular complexity index is 1780. The first-order chi connectivity index (χ1) is 21.9. The number of carbonyl (C=O) groups is 2. The van der Waals surface area contributed by atoms with Crippen LogP contribution in [0.25, 0.3) is 16.8 Å². The number of morpholine rings is 1. The number of carbonyl (C=O) groups excluding carboxylic acids is 1. The number of aromatic nitrogens is 4. The van der Waals surface area contributed by atoms with Crippen LogP contribution in [0.1, 0.15) is 73.8 Å². The monoisotopic (exact) mass is 653 g/mol. The second-order valence-corrected chi connectivity index (χ2v) is 12.6. The Balaban J connectivity index is 1.27. The number of anilines is 2. The molecule has 6 rings (SSSR count). The van der Waals surface area contributed by atoms with E-state index in [-0.39, 0.29) is 34.8 Å². The number of fused-ring (bicyclic) bond motifs is 1. The van der Waals surface area contributed by atoms with Gasteiger partial charge in [0, 0.05) is 41.5 Å². The van der Waals surface area contributed by atoms with Crippen LogP contribution in [0.5, 0.6) is 0 Å². The molecule has 0 spiro atoms. The van der Waals surface area contributed by atoms with E-state index in [4.69, 9.17) is 27.1 Å². The number of ether oxygens (including phenoxy) is 1. The van der Waals surface area contributed by atoms with Crippen LogP contribution in [0.4, 0.5) is 20.4 Å². The van der Waals surface area contributed by atoms with Crippen molar-refractivity contribution >= 4 is 40.6 Å². The van der Waals surface area contributed by atoms with E-state index in [2.05, 4.69) is 27.1 Å². The minimum absolute atomic E-state index is 0.0186. The number of pyridine rings is 1. The Morgan fingerprint density at radius 2 is 1.89 bits per heavy atom. The summed E-state index contributed by atoms with van der Waals surface area (Å²) in [5.41, 5.74) is 7.35. The second-order valence-electron chi connectivity index (χ2n) is 12.2. The van der Waals surface area contributed by atoms with Crippen LogP contribution >= 0.6 is 11.6 Å². The Morgan fingerprint density at radius 1 is 1.17 bits per heavy atom. The third kappa shape index (κ3) is 6.02. The number of nitrogens with zero attached hydrogens (tertiary/aromatic N) is 5. The van der Waals surface area contributed by atoms with Crippen LogP contribution in [0, 0.1) is 5.41 Å². The van der Waals surface area contributed by atoms with E-state index < -0.39 is 29.8 Å². The number of benzene rings is 1. The molecule has 1 aliphatic carbocycles. The maximum absolute atomic E-state index is 13.1. The average molecular weight is 654 g/mol.